The molecule has 9 heteroatoms. The number of H-pyrrole nitrogens is 1. The number of benzene rings is 1. The van der Waals surface area contributed by atoms with E-state index in [4.69, 9.17) is 11.6 Å². The van der Waals surface area contributed by atoms with Crippen molar-refractivity contribution in [1.82, 2.24) is 19.7 Å². The van der Waals surface area contributed by atoms with E-state index in [1.54, 1.807) is 13.0 Å². The van der Waals surface area contributed by atoms with Crippen LogP contribution in [0.15, 0.2) is 35.1 Å². The molecule has 3 rings (SSSR count). The van der Waals surface area contributed by atoms with Gasteiger partial charge in [-0.3, -0.25) is 14.6 Å². The Morgan fingerprint density at radius 3 is 2.81 bits per heavy atom. The van der Waals surface area contributed by atoms with Crippen molar-refractivity contribution in [2.75, 3.05) is 5.32 Å². The van der Waals surface area contributed by atoms with E-state index in [1.807, 2.05) is 6.92 Å². The number of aromatic nitrogens is 4. The average molecular weight is 376 g/mol. The van der Waals surface area contributed by atoms with Crippen LogP contribution in [0.1, 0.15) is 28.7 Å². The Hall–Kier alpha value is -3.00. The van der Waals surface area contributed by atoms with E-state index in [0.29, 0.717) is 23.6 Å². The van der Waals surface area contributed by atoms with Gasteiger partial charge in [-0.25, -0.2) is 9.37 Å². The third kappa shape index (κ3) is 3.65. The summed E-state index contributed by atoms with van der Waals surface area (Å²) in [5.74, 6) is -0.594. The number of halogens is 2. The Morgan fingerprint density at radius 2 is 2.12 bits per heavy atom. The fourth-order valence-corrected chi connectivity index (χ4v) is 2.64. The number of amides is 1. The Balaban J connectivity index is 1.99. The molecule has 0 fully saturated rings. The van der Waals surface area contributed by atoms with E-state index >= 15 is 0 Å². The van der Waals surface area contributed by atoms with Gasteiger partial charge < -0.3 is 5.32 Å². The number of aryl methyl sites for hydroxylation is 2. The molecule has 0 radical (unpaired) electrons. The van der Waals surface area contributed by atoms with E-state index < -0.39 is 11.7 Å². The van der Waals surface area contributed by atoms with Crippen LogP contribution in [0.2, 0.25) is 5.02 Å². The van der Waals surface area contributed by atoms with Gasteiger partial charge in [-0.15, -0.1) is 0 Å². The highest BCUT2D eigenvalue weighted by Gasteiger charge is 2.16. The van der Waals surface area contributed by atoms with Gasteiger partial charge in [0.25, 0.3) is 11.5 Å². The van der Waals surface area contributed by atoms with Crippen molar-refractivity contribution in [3.63, 3.8) is 0 Å². The van der Waals surface area contributed by atoms with Gasteiger partial charge in [0.2, 0.25) is 5.95 Å². The highest BCUT2D eigenvalue weighted by atomic mass is 35.5. The SMILES string of the molecule is CCc1cc(=O)[nH]c(-n2nc(C)cc2NC(=O)c2ccc(F)cc2Cl)n1. The maximum Gasteiger partial charge on any atom is 0.258 e. The van der Waals surface area contributed by atoms with E-state index in [0.717, 1.165) is 12.1 Å². The summed E-state index contributed by atoms with van der Waals surface area (Å²) in [6, 6.07) is 6.51. The summed E-state index contributed by atoms with van der Waals surface area (Å²) in [5.41, 5.74) is 0.993. The minimum Gasteiger partial charge on any atom is -0.306 e. The first-order valence-corrected chi connectivity index (χ1v) is 8.19. The monoisotopic (exact) mass is 375 g/mol. The molecule has 0 saturated heterocycles. The van der Waals surface area contributed by atoms with Gasteiger partial charge in [0.1, 0.15) is 11.6 Å². The zero-order valence-electron chi connectivity index (χ0n) is 14.0. The first-order chi connectivity index (χ1) is 12.4. The normalized spacial score (nSPS) is 10.8. The summed E-state index contributed by atoms with van der Waals surface area (Å²) in [7, 11) is 0. The molecule has 2 heterocycles. The quantitative estimate of drug-likeness (QED) is 0.733. The fourth-order valence-electron chi connectivity index (χ4n) is 2.38. The number of carbonyl (C=O) groups is 1. The number of nitrogens with zero attached hydrogens (tertiary/aromatic N) is 3. The molecule has 3 aromatic rings. The van der Waals surface area contributed by atoms with Gasteiger partial charge in [-0.1, -0.05) is 18.5 Å². The first kappa shape index (κ1) is 17.8. The predicted octanol–water partition coefficient (Wildman–Crippen LogP) is 2.87. The number of carbonyl (C=O) groups excluding carboxylic acids is 1. The van der Waals surface area contributed by atoms with Crippen LogP contribution in [0, 0.1) is 12.7 Å². The van der Waals surface area contributed by atoms with E-state index in [-0.39, 0.29) is 22.1 Å². The molecule has 2 N–H and O–H groups in total. The summed E-state index contributed by atoms with van der Waals surface area (Å²) in [6.07, 6.45) is 0.573. The van der Waals surface area contributed by atoms with Crippen LogP contribution in [-0.4, -0.2) is 25.7 Å². The Bertz CT molecular complexity index is 1040. The molecule has 0 spiro atoms. The lowest BCUT2D eigenvalue weighted by Gasteiger charge is -2.09. The van der Waals surface area contributed by atoms with Crippen molar-refractivity contribution in [2.24, 2.45) is 0 Å². The number of rotatable bonds is 4. The van der Waals surface area contributed by atoms with Gasteiger partial charge in [-0.05, 0) is 31.5 Å². The Labute approximate surface area is 152 Å². The second-order valence-electron chi connectivity index (χ2n) is 5.57. The lowest BCUT2D eigenvalue weighted by molar-refractivity contribution is 0.102. The Kier molecular flexibility index (Phi) is 4.85. The summed E-state index contributed by atoms with van der Waals surface area (Å²) in [6.45, 7) is 3.61. The van der Waals surface area contributed by atoms with Crippen LogP contribution in [0.25, 0.3) is 5.95 Å². The number of hydrogen-bond donors (Lipinski definition) is 2. The van der Waals surface area contributed by atoms with Crippen LogP contribution >= 0.6 is 11.6 Å². The molecule has 2 aromatic heterocycles. The maximum atomic E-state index is 13.2. The van der Waals surface area contributed by atoms with Gasteiger partial charge >= 0.3 is 0 Å². The van der Waals surface area contributed by atoms with E-state index in [2.05, 4.69) is 20.4 Å². The summed E-state index contributed by atoms with van der Waals surface area (Å²) in [5, 5.41) is 6.90. The second-order valence-corrected chi connectivity index (χ2v) is 5.98. The molecule has 0 saturated carbocycles. The molecular weight excluding hydrogens is 361 g/mol. The van der Waals surface area contributed by atoms with Crippen molar-refractivity contribution >= 4 is 23.3 Å². The lowest BCUT2D eigenvalue weighted by Crippen LogP contribution is -2.19. The van der Waals surface area contributed by atoms with E-state index in [9.17, 15) is 14.0 Å². The fraction of sp³-hybridized carbons (Fsp3) is 0.176. The lowest BCUT2D eigenvalue weighted by atomic mass is 10.2. The zero-order chi connectivity index (χ0) is 18.8. The van der Waals surface area contributed by atoms with Crippen LogP contribution in [0.5, 0.6) is 0 Å². The highest BCUT2D eigenvalue weighted by Crippen LogP contribution is 2.20. The number of hydrogen-bond acceptors (Lipinski definition) is 4. The van der Waals surface area contributed by atoms with Crippen molar-refractivity contribution in [1.29, 1.82) is 0 Å². The van der Waals surface area contributed by atoms with Crippen LogP contribution in [0.4, 0.5) is 10.2 Å². The molecule has 7 nitrogen and oxygen atoms in total. The molecule has 0 bridgehead atoms. The third-order valence-corrected chi connectivity index (χ3v) is 3.91. The van der Waals surface area contributed by atoms with Gasteiger partial charge in [-0.2, -0.15) is 9.78 Å². The van der Waals surface area contributed by atoms with Gasteiger partial charge in [0.05, 0.1) is 16.3 Å². The van der Waals surface area contributed by atoms with E-state index in [1.165, 1.54) is 16.8 Å². The van der Waals surface area contributed by atoms with Crippen LogP contribution < -0.4 is 10.9 Å². The molecule has 1 aromatic carbocycles. The van der Waals surface area contributed by atoms with Crippen molar-refractivity contribution < 1.29 is 9.18 Å². The average Bonchev–Trinajstić information content (AvgIpc) is 2.94. The number of nitrogens with one attached hydrogen (secondary N) is 2. The largest absolute Gasteiger partial charge is 0.306 e. The summed E-state index contributed by atoms with van der Waals surface area (Å²) < 4.78 is 14.5. The first-order valence-electron chi connectivity index (χ1n) is 7.81. The number of aromatic amines is 1. The second kappa shape index (κ2) is 7.09. The summed E-state index contributed by atoms with van der Waals surface area (Å²) >= 11 is 5.93. The molecule has 0 unspecified atom stereocenters. The van der Waals surface area contributed by atoms with Crippen LogP contribution in [-0.2, 0) is 6.42 Å². The molecule has 134 valence electrons. The Morgan fingerprint density at radius 1 is 1.35 bits per heavy atom. The maximum absolute atomic E-state index is 13.2. The zero-order valence-corrected chi connectivity index (χ0v) is 14.8. The van der Waals surface area contributed by atoms with Crippen molar-refractivity contribution in [2.45, 2.75) is 20.3 Å². The van der Waals surface area contributed by atoms with Crippen molar-refractivity contribution in [3.05, 3.63) is 68.5 Å². The van der Waals surface area contributed by atoms with Crippen molar-refractivity contribution in [3.8, 4) is 5.95 Å². The minimum atomic E-state index is -0.537. The van der Waals surface area contributed by atoms with Gasteiger partial charge in [0.15, 0.2) is 0 Å². The highest BCUT2D eigenvalue weighted by molar-refractivity contribution is 6.34. The molecular formula is C17H15ClFN5O2. The van der Waals surface area contributed by atoms with Crippen LogP contribution in [0.3, 0.4) is 0 Å². The topological polar surface area (TPSA) is 92.7 Å². The molecule has 0 aliphatic carbocycles. The smallest absolute Gasteiger partial charge is 0.258 e. The molecule has 0 aliphatic heterocycles. The number of anilines is 1. The summed E-state index contributed by atoms with van der Waals surface area (Å²) in [4.78, 5) is 31.2. The third-order valence-electron chi connectivity index (χ3n) is 3.59. The molecule has 1 amide bonds. The standard InChI is InChI=1S/C17H15ClFN5O2/c1-3-11-8-15(25)22-17(20-11)24-14(6-9(2)23-24)21-16(26)12-5-4-10(19)7-13(12)18/h4-8H,3H2,1-2H3,(H,21,26)(H,20,22,25). The molecule has 26 heavy (non-hydrogen) atoms. The minimum absolute atomic E-state index is 0.00944. The predicted molar refractivity (Wildman–Crippen MR) is 95.5 cm³/mol. The molecule has 0 aliphatic rings. The van der Waals surface area contributed by atoms with Gasteiger partial charge in [0, 0.05) is 17.8 Å². The molecule has 0 atom stereocenters.